The predicted octanol–water partition coefficient (Wildman–Crippen LogP) is 14.0. The number of amides is 4. The number of guanidine groups is 1. The molecule has 0 fully saturated rings. The summed E-state index contributed by atoms with van der Waals surface area (Å²) in [6.45, 7) is 8.15. The Balaban J connectivity index is 1.72. The normalized spacial score (nSPS) is 12.0. The maximum atomic E-state index is 14.1. The van der Waals surface area contributed by atoms with Crippen LogP contribution in [0.1, 0.15) is 256 Å². The van der Waals surface area contributed by atoms with Gasteiger partial charge in [-0.05, 0) is 68.5 Å². The fourth-order valence-electron chi connectivity index (χ4n) is 10.4. The molecule has 0 saturated heterocycles. The Morgan fingerprint density at radius 2 is 0.725 bits per heavy atom. The molecule has 0 bridgehead atoms. The maximum absolute atomic E-state index is 14.1. The molecule has 0 spiro atoms. The smallest absolute Gasteiger partial charge is 0.262 e. The first-order valence-corrected chi connectivity index (χ1v) is 34.2. The van der Waals surface area contributed by atoms with E-state index >= 15 is 0 Å². The molecule has 0 aliphatic heterocycles. The summed E-state index contributed by atoms with van der Waals surface area (Å²) in [5, 5.41) is 15.3. The van der Waals surface area contributed by atoms with Crippen LogP contribution in [0.15, 0.2) is 74.9 Å². The standard InChI is InChI=1S/C71H114N10O10/c1-7-10-13-16-19-22-25-28-31-34-50-89-66-56(40-37-43-61(66)86-4)53-74-79-64(82)48-46-59(78-71(72)73)69(84)77-60(70(85)81-76-55-58-42-39-45-63(88-6)68(58)91-52-36-33-30-27-24-21-18-15-12-9-3)47-49-65(83)80-75-54-57-41-38-44-62(87-5)67(57)90-51-35-32-29-26-23-20-17-14-11-8-2/h37-45,53-55,59-60H,7-36,46-52H2,1-6H3,(H,77,84)(H,79,82)(H,80,83)(H,81,85)(H4,72,73,78)/b74-53+,75-54+,76-55+/t59-,60-/m0/s1. The Kier molecular flexibility index (Phi) is 43.9. The summed E-state index contributed by atoms with van der Waals surface area (Å²) in [4.78, 5) is 59.1. The Hall–Kier alpha value is -7.38. The summed E-state index contributed by atoms with van der Waals surface area (Å²) in [6, 6.07) is 13.5. The second-order valence-corrected chi connectivity index (χ2v) is 23.3. The highest BCUT2D eigenvalue weighted by molar-refractivity contribution is 5.93. The monoisotopic (exact) mass is 1270 g/mol. The first kappa shape index (κ1) is 77.9. The summed E-state index contributed by atoms with van der Waals surface area (Å²) >= 11 is 0. The van der Waals surface area contributed by atoms with Crippen LogP contribution in [0.3, 0.4) is 0 Å². The summed E-state index contributed by atoms with van der Waals surface area (Å²) in [5.41, 5.74) is 20.9. The second kappa shape index (κ2) is 51.3. The van der Waals surface area contributed by atoms with Gasteiger partial charge in [0.25, 0.3) is 5.91 Å². The number of carbonyl (C=O) groups is 4. The van der Waals surface area contributed by atoms with E-state index in [9.17, 15) is 19.2 Å². The van der Waals surface area contributed by atoms with Crippen molar-refractivity contribution in [2.45, 2.75) is 251 Å². The van der Waals surface area contributed by atoms with Crippen molar-refractivity contribution < 1.29 is 47.6 Å². The van der Waals surface area contributed by atoms with Crippen LogP contribution in [0.4, 0.5) is 0 Å². The van der Waals surface area contributed by atoms with Crippen molar-refractivity contribution >= 4 is 48.2 Å². The van der Waals surface area contributed by atoms with Gasteiger partial charge in [-0.15, -0.1) is 0 Å². The minimum Gasteiger partial charge on any atom is -0.493 e. The topological polar surface area (TPSA) is 273 Å². The van der Waals surface area contributed by atoms with Crippen LogP contribution in [-0.4, -0.2) is 101 Å². The molecule has 20 heteroatoms. The summed E-state index contributed by atoms with van der Waals surface area (Å²) in [5.74, 6) is -0.0146. The van der Waals surface area contributed by atoms with Crippen LogP contribution in [0.25, 0.3) is 0 Å². The lowest BCUT2D eigenvalue weighted by atomic mass is 10.1. The lowest BCUT2D eigenvalue weighted by molar-refractivity contribution is -0.130. The molecular weight excluding hydrogens is 1150 g/mol. The zero-order valence-electron chi connectivity index (χ0n) is 56.3. The third kappa shape index (κ3) is 35.1. The number of nitrogens with two attached hydrogens (primary N) is 2. The van der Waals surface area contributed by atoms with Crippen molar-refractivity contribution in [2.75, 3.05) is 41.2 Å². The molecule has 3 aromatic rings. The Bertz CT molecular complexity index is 2590. The van der Waals surface area contributed by atoms with Crippen LogP contribution in [0, 0.1) is 0 Å². The van der Waals surface area contributed by atoms with Gasteiger partial charge in [-0.2, -0.15) is 15.3 Å². The number of para-hydroxylation sites is 3. The van der Waals surface area contributed by atoms with Crippen LogP contribution in [-0.2, 0) is 19.2 Å². The number of nitrogens with one attached hydrogen (secondary N) is 4. The summed E-state index contributed by atoms with van der Waals surface area (Å²) in [7, 11) is 4.68. The molecule has 0 aliphatic carbocycles. The third-order valence-corrected chi connectivity index (χ3v) is 15.6. The van der Waals surface area contributed by atoms with Crippen molar-refractivity contribution in [3.8, 4) is 34.5 Å². The molecule has 508 valence electrons. The van der Waals surface area contributed by atoms with E-state index in [-0.39, 0.29) is 25.7 Å². The van der Waals surface area contributed by atoms with Gasteiger partial charge in [0.05, 0.1) is 59.8 Å². The Morgan fingerprint density at radius 3 is 1.04 bits per heavy atom. The van der Waals surface area contributed by atoms with Gasteiger partial charge < -0.3 is 45.2 Å². The first-order valence-electron chi connectivity index (χ1n) is 34.2. The van der Waals surface area contributed by atoms with E-state index in [1.165, 1.54) is 153 Å². The molecule has 91 heavy (non-hydrogen) atoms. The van der Waals surface area contributed by atoms with Crippen molar-refractivity contribution in [2.24, 2.45) is 31.8 Å². The molecule has 4 amide bonds. The molecule has 0 heterocycles. The largest absolute Gasteiger partial charge is 0.493 e. The van der Waals surface area contributed by atoms with Crippen LogP contribution >= 0.6 is 0 Å². The van der Waals surface area contributed by atoms with E-state index in [1.807, 2.05) is 0 Å². The van der Waals surface area contributed by atoms with Crippen LogP contribution < -0.4 is 61.5 Å². The van der Waals surface area contributed by atoms with Gasteiger partial charge in [0.1, 0.15) is 12.1 Å². The fourth-order valence-corrected chi connectivity index (χ4v) is 10.4. The molecule has 3 aromatic carbocycles. The molecular formula is C71H114N10O10. The van der Waals surface area contributed by atoms with E-state index in [4.69, 9.17) is 39.9 Å². The van der Waals surface area contributed by atoms with Crippen LogP contribution in [0.2, 0.25) is 0 Å². The number of aliphatic imine (C=N–C) groups is 1. The summed E-state index contributed by atoms with van der Waals surface area (Å²) < 4.78 is 35.5. The van der Waals surface area contributed by atoms with Gasteiger partial charge in [-0.3, -0.25) is 19.2 Å². The number of hydrogen-bond acceptors (Lipinski definition) is 14. The van der Waals surface area contributed by atoms with E-state index in [0.717, 1.165) is 57.8 Å². The highest BCUT2D eigenvalue weighted by Gasteiger charge is 2.27. The lowest BCUT2D eigenvalue weighted by Gasteiger charge is -2.20. The maximum Gasteiger partial charge on any atom is 0.262 e. The van der Waals surface area contributed by atoms with Gasteiger partial charge in [0, 0.05) is 29.5 Å². The van der Waals surface area contributed by atoms with E-state index < -0.39 is 41.7 Å². The van der Waals surface area contributed by atoms with Gasteiger partial charge >= 0.3 is 0 Å². The molecule has 0 saturated carbocycles. The van der Waals surface area contributed by atoms with E-state index in [0.29, 0.717) is 71.0 Å². The zero-order valence-corrected chi connectivity index (χ0v) is 56.3. The zero-order chi connectivity index (χ0) is 65.8. The number of hydrogen-bond donors (Lipinski definition) is 6. The number of ether oxygens (including phenoxy) is 6. The van der Waals surface area contributed by atoms with E-state index in [2.05, 4.69) is 62.7 Å². The number of rotatable bonds is 55. The molecule has 8 N–H and O–H groups in total. The molecule has 3 rings (SSSR count). The summed E-state index contributed by atoms with van der Waals surface area (Å²) in [6.07, 6.45) is 39.4. The van der Waals surface area contributed by atoms with Crippen molar-refractivity contribution in [1.82, 2.24) is 21.6 Å². The number of benzene rings is 3. The quantitative estimate of drug-likeness (QED) is 0.0133. The molecule has 0 radical (unpaired) electrons. The lowest BCUT2D eigenvalue weighted by Crippen LogP contribution is -2.49. The highest BCUT2D eigenvalue weighted by Crippen LogP contribution is 2.33. The average molecular weight is 1270 g/mol. The number of nitrogens with zero attached hydrogens (tertiary/aromatic N) is 4. The number of methoxy groups -OCH3 is 3. The molecule has 0 aliphatic rings. The van der Waals surface area contributed by atoms with Gasteiger partial charge in [-0.1, -0.05) is 212 Å². The first-order chi connectivity index (χ1) is 44.5. The number of carbonyl (C=O) groups excluding carboxylic acids is 4. The molecule has 2 atom stereocenters. The van der Waals surface area contributed by atoms with Crippen molar-refractivity contribution in [3.63, 3.8) is 0 Å². The van der Waals surface area contributed by atoms with Gasteiger partial charge in [0.2, 0.25) is 17.7 Å². The third-order valence-electron chi connectivity index (χ3n) is 15.6. The van der Waals surface area contributed by atoms with Crippen LogP contribution in [0.5, 0.6) is 34.5 Å². The Morgan fingerprint density at radius 1 is 0.418 bits per heavy atom. The average Bonchev–Trinajstić information content (AvgIpc) is 2.16. The second-order valence-electron chi connectivity index (χ2n) is 23.3. The SMILES string of the molecule is CCCCCCCCCCCCOc1c(/C=N/NC(=O)CC[C@H](N=C(N)N)C(=O)N[C@@H](CCC(=O)N/N=C/c2cccc(OC)c2OCCCCCCCCCCCC)C(=O)N/N=C/c2cccc(OC)c2OCCCCCCCCCCCC)cccc1OC. The Labute approximate surface area is 545 Å². The predicted molar refractivity (Wildman–Crippen MR) is 368 cm³/mol. The van der Waals surface area contributed by atoms with E-state index in [1.54, 1.807) is 75.9 Å². The molecule has 0 unspecified atom stereocenters. The number of unbranched alkanes of at least 4 members (excludes halogenated alkanes) is 27. The minimum absolute atomic E-state index is 0.174. The van der Waals surface area contributed by atoms with Crippen molar-refractivity contribution in [3.05, 3.63) is 71.3 Å². The van der Waals surface area contributed by atoms with Crippen molar-refractivity contribution in [1.29, 1.82) is 0 Å². The molecule has 0 aromatic heterocycles. The van der Waals surface area contributed by atoms with Gasteiger partial charge in [0.15, 0.2) is 40.5 Å². The van der Waals surface area contributed by atoms with Gasteiger partial charge in [-0.25, -0.2) is 21.3 Å². The number of hydrazone groups is 3. The minimum atomic E-state index is -1.35. The molecule has 20 nitrogen and oxygen atoms in total. The highest BCUT2D eigenvalue weighted by atomic mass is 16.5. The fraction of sp³-hybridized carbons (Fsp3) is 0.634.